The Morgan fingerprint density at radius 2 is 1.88 bits per heavy atom. The first-order valence-electron chi connectivity index (χ1n) is 9.95. The summed E-state index contributed by atoms with van der Waals surface area (Å²) in [6, 6.07) is 14.5. The van der Waals surface area contributed by atoms with E-state index in [1.165, 1.54) is 34.6 Å². The number of halogens is 2. The minimum absolute atomic E-state index is 0.175. The number of anilines is 1. The molecule has 166 valence electrons. The Bertz CT molecular complexity index is 1140. The van der Waals surface area contributed by atoms with Crippen molar-refractivity contribution in [3.63, 3.8) is 0 Å². The van der Waals surface area contributed by atoms with Crippen molar-refractivity contribution in [2.45, 2.75) is 31.3 Å². The standard InChI is InChI=1S/C23H20FINO4PS/c24-23(31)29-17-9-7-14(8-10-17)20(27)26-21-19(22(28)30-25)18(12-32-21)16-6-5-13-3-1-2-4-15(13)11-16/h1-4,7-10,12,16,23H,5-6,11,31H2,(H,26,27). The molecule has 3 aromatic rings. The van der Waals surface area contributed by atoms with Crippen LogP contribution in [0.1, 0.15) is 49.7 Å². The van der Waals surface area contributed by atoms with Crippen molar-refractivity contribution in [1.82, 2.24) is 0 Å². The maximum absolute atomic E-state index is 12.9. The number of hydrogen-bond donors (Lipinski definition) is 1. The maximum atomic E-state index is 12.9. The molecule has 1 N–H and O–H groups in total. The van der Waals surface area contributed by atoms with Gasteiger partial charge in [0, 0.05) is 5.56 Å². The summed E-state index contributed by atoms with van der Waals surface area (Å²) in [6.07, 6.45) is 1.19. The molecule has 4 rings (SSSR count). The van der Waals surface area contributed by atoms with Crippen molar-refractivity contribution >= 4 is 60.5 Å². The van der Waals surface area contributed by atoms with Gasteiger partial charge in [-0.2, -0.15) is 4.39 Å². The van der Waals surface area contributed by atoms with Crippen molar-refractivity contribution in [2.24, 2.45) is 0 Å². The van der Waals surface area contributed by atoms with E-state index in [-0.39, 0.29) is 11.8 Å². The average molecular weight is 583 g/mol. The molecule has 9 heteroatoms. The lowest BCUT2D eigenvalue weighted by Crippen LogP contribution is -2.17. The first-order chi connectivity index (χ1) is 15.5. The second kappa shape index (κ2) is 10.3. The number of ether oxygens (including phenoxy) is 1. The molecular weight excluding hydrogens is 563 g/mol. The topological polar surface area (TPSA) is 64.6 Å². The first kappa shape index (κ1) is 23.1. The Labute approximate surface area is 205 Å². The molecule has 1 aliphatic carbocycles. The zero-order valence-corrected chi connectivity index (χ0v) is 21.0. The van der Waals surface area contributed by atoms with E-state index in [9.17, 15) is 14.0 Å². The first-order valence-corrected chi connectivity index (χ1v) is 12.4. The lowest BCUT2D eigenvalue weighted by atomic mass is 9.80. The smallest absolute Gasteiger partial charge is 0.350 e. The predicted molar refractivity (Wildman–Crippen MR) is 135 cm³/mol. The number of aryl methyl sites for hydroxylation is 1. The van der Waals surface area contributed by atoms with Crippen LogP contribution in [0.2, 0.25) is 0 Å². The number of thiophene rings is 1. The number of carbonyl (C=O) groups is 2. The molecule has 0 fully saturated rings. The van der Waals surface area contributed by atoms with E-state index in [2.05, 4.69) is 17.4 Å². The van der Waals surface area contributed by atoms with E-state index in [1.807, 2.05) is 26.8 Å². The summed E-state index contributed by atoms with van der Waals surface area (Å²) in [5, 5.41) is 5.23. The van der Waals surface area contributed by atoms with Crippen LogP contribution in [0.25, 0.3) is 0 Å². The van der Waals surface area contributed by atoms with Crippen LogP contribution in [0.3, 0.4) is 0 Å². The van der Waals surface area contributed by atoms with Crippen LogP contribution in [0.5, 0.6) is 5.75 Å². The van der Waals surface area contributed by atoms with Crippen LogP contribution in [-0.2, 0) is 15.9 Å². The molecule has 1 aromatic heterocycles. The number of amides is 1. The number of nitrogens with one attached hydrogen (secondary N) is 1. The van der Waals surface area contributed by atoms with E-state index in [0.29, 0.717) is 21.9 Å². The second-order valence-corrected chi connectivity index (χ2v) is 9.26. The quantitative estimate of drug-likeness (QED) is 0.274. The van der Waals surface area contributed by atoms with Crippen LogP contribution >= 0.6 is 43.6 Å². The summed E-state index contributed by atoms with van der Waals surface area (Å²) in [5.41, 5.74) is 4.31. The van der Waals surface area contributed by atoms with Gasteiger partial charge in [0.1, 0.15) is 10.8 Å². The van der Waals surface area contributed by atoms with Gasteiger partial charge in [0.15, 0.2) is 23.0 Å². The van der Waals surface area contributed by atoms with Gasteiger partial charge >= 0.3 is 5.97 Å². The molecule has 0 saturated carbocycles. The molecule has 32 heavy (non-hydrogen) atoms. The van der Waals surface area contributed by atoms with Gasteiger partial charge < -0.3 is 13.1 Å². The van der Waals surface area contributed by atoms with E-state index >= 15 is 0 Å². The number of hydrogen-bond acceptors (Lipinski definition) is 5. The predicted octanol–water partition coefficient (Wildman–Crippen LogP) is 6.29. The highest BCUT2D eigenvalue weighted by atomic mass is 127. The Balaban J connectivity index is 1.56. The SMILES string of the molecule is O=C(Nc1scc(C2CCc3ccccc3C2)c1C(=O)OI)c1ccc(OC(F)P)cc1. The zero-order chi connectivity index (χ0) is 22.7. The van der Waals surface area contributed by atoms with Gasteiger partial charge in [0.2, 0.25) is 6.10 Å². The molecule has 5 nitrogen and oxygen atoms in total. The summed E-state index contributed by atoms with van der Waals surface area (Å²) in [5.74, 6) is -0.359. The average Bonchev–Trinajstić information content (AvgIpc) is 3.21. The molecule has 0 aliphatic heterocycles. The van der Waals surface area contributed by atoms with Crippen molar-refractivity contribution in [3.05, 3.63) is 81.7 Å². The van der Waals surface area contributed by atoms with Crippen molar-refractivity contribution in [2.75, 3.05) is 5.32 Å². The largest absolute Gasteiger partial charge is 0.457 e. The zero-order valence-electron chi connectivity index (χ0n) is 16.8. The van der Waals surface area contributed by atoms with Crippen molar-refractivity contribution in [3.8, 4) is 5.75 Å². The molecule has 0 saturated heterocycles. The fourth-order valence-corrected chi connectivity index (χ4v) is 5.37. The number of carbonyl (C=O) groups excluding carboxylic acids is 2. The third-order valence-corrected chi connectivity index (χ3v) is 6.92. The van der Waals surface area contributed by atoms with Crippen molar-refractivity contribution in [1.29, 1.82) is 0 Å². The molecule has 0 bridgehead atoms. The lowest BCUT2D eigenvalue weighted by Gasteiger charge is -2.25. The number of alkyl halides is 1. The number of fused-ring (bicyclic) bond motifs is 1. The number of rotatable bonds is 6. The van der Waals surface area contributed by atoms with Gasteiger partial charge in [-0.25, -0.2) is 4.79 Å². The highest BCUT2D eigenvalue weighted by molar-refractivity contribution is 14.1. The third kappa shape index (κ3) is 5.13. The van der Waals surface area contributed by atoms with Crippen molar-refractivity contribution < 1.29 is 21.8 Å². The van der Waals surface area contributed by atoms with Gasteiger partial charge in [-0.05, 0) is 71.5 Å². The van der Waals surface area contributed by atoms with Crippen LogP contribution < -0.4 is 10.1 Å². The monoisotopic (exact) mass is 583 g/mol. The van der Waals surface area contributed by atoms with Crippen LogP contribution in [0, 0.1) is 0 Å². The number of benzene rings is 2. The molecule has 0 spiro atoms. The van der Waals surface area contributed by atoms with Gasteiger partial charge in [-0.3, -0.25) is 4.79 Å². The molecule has 1 amide bonds. The lowest BCUT2D eigenvalue weighted by molar-refractivity contribution is 0.0800. The van der Waals surface area contributed by atoms with Gasteiger partial charge in [0.25, 0.3) is 5.91 Å². The van der Waals surface area contributed by atoms with Crippen LogP contribution in [-0.4, -0.2) is 18.0 Å². The maximum Gasteiger partial charge on any atom is 0.350 e. The fraction of sp³-hybridized carbons (Fsp3) is 0.217. The van der Waals surface area contributed by atoms with E-state index in [1.54, 1.807) is 35.1 Å². The Hall–Kier alpha value is -2.03. The normalized spacial score (nSPS) is 16.0. The summed E-state index contributed by atoms with van der Waals surface area (Å²) in [7, 11) is 1.90. The summed E-state index contributed by atoms with van der Waals surface area (Å²) >= 11 is 2.89. The Kier molecular flexibility index (Phi) is 7.43. The molecule has 0 radical (unpaired) electrons. The van der Waals surface area contributed by atoms with Gasteiger partial charge in [0.05, 0.1) is 5.56 Å². The minimum atomic E-state index is -1.52. The molecule has 1 heterocycles. The summed E-state index contributed by atoms with van der Waals surface area (Å²) < 4.78 is 22.9. The molecular formula is C23H20FINO4PS. The Morgan fingerprint density at radius 1 is 1.16 bits per heavy atom. The third-order valence-electron chi connectivity index (χ3n) is 5.47. The fourth-order valence-electron chi connectivity index (χ4n) is 3.97. The van der Waals surface area contributed by atoms with Crippen LogP contribution in [0.15, 0.2) is 53.9 Å². The molecule has 2 aromatic carbocycles. The summed E-state index contributed by atoms with van der Waals surface area (Å²) in [6.45, 7) is 0. The molecule has 3 atom stereocenters. The van der Waals surface area contributed by atoms with E-state index < -0.39 is 12.1 Å². The minimum Gasteiger partial charge on any atom is -0.457 e. The Morgan fingerprint density at radius 3 is 2.56 bits per heavy atom. The summed E-state index contributed by atoms with van der Waals surface area (Å²) in [4.78, 5) is 25.4. The highest BCUT2D eigenvalue weighted by Gasteiger charge is 2.29. The van der Waals surface area contributed by atoms with Gasteiger partial charge in [-0.15, -0.1) is 11.3 Å². The molecule has 3 unspecified atom stereocenters. The van der Waals surface area contributed by atoms with E-state index in [4.69, 9.17) is 7.80 Å². The van der Waals surface area contributed by atoms with E-state index in [0.717, 1.165) is 24.8 Å². The second-order valence-electron chi connectivity index (χ2n) is 7.42. The van der Waals surface area contributed by atoms with Crippen LogP contribution in [0.4, 0.5) is 9.39 Å². The van der Waals surface area contributed by atoms with Gasteiger partial charge in [-0.1, -0.05) is 33.5 Å². The molecule has 1 aliphatic rings. The highest BCUT2D eigenvalue weighted by Crippen LogP contribution is 2.40.